The Bertz CT molecular complexity index is 1280. The highest BCUT2D eigenvalue weighted by atomic mass is 16.5. The van der Waals surface area contributed by atoms with Crippen LogP contribution in [0.15, 0.2) is 36.4 Å². The predicted molar refractivity (Wildman–Crippen MR) is 134 cm³/mol. The topological polar surface area (TPSA) is 105 Å². The summed E-state index contributed by atoms with van der Waals surface area (Å²) < 4.78 is 11.2. The number of rotatable bonds is 6. The molecule has 0 saturated carbocycles. The van der Waals surface area contributed by atoms with Gasteiger partial charge in [-0.1, -0.05) is 35.8 Å². The summed E-state index contributed by atoms with van der Waals surface area (Å²) in [5, 5.41) is 0.349. The van der Waals surface area contributed by atoms with Crippen LogP contribution in [0.3, 0.4) is 0 Å². The molecule has 182 valence electrons. The third kappa shape index (κ3) is 4.66. The molecule has 1 unspecified atom stereocenters. The first-order chi connectivity index (χ1) is 17.7. The van der Waals surface area contributed by atoms with E-state index in [0.29, 0.717) is 19.7 Å². The van der Waals surface area contributed by atoms with Gasteiger partial charge < -0.3 is 19.3 Å². The Kier molecular flexibility index (Phi) is 6.62. The van der Waals surface area contributed by atoms with Crippen LogP contribution in [0.25, 0.3) is 0 Å². The first kappa shape index (κ1) is 25.1. The Labute approximate surface area is 218 Å². The molecule has 1 atom stereocenters. The molecule has 12 heteroatoms. The zero-order valence-corrected chi connectivity index (χ0v) is 20.1. The number of hydrogen-bond acceptors (Lipinski definition) is 6. The molecule has 0 aromatic heterocycles. The number of nitrogens with zero attached hydrogens (tertiary/aromatic N) is 2. The predicted octanol–water partition coefficient (Wildman–Crippen LogP) is -0.873. The number of nitrogens with one attached hydrogen (secondary N) is 1. The van der Waals surface area contributed by atoms with Crippen molar-refractivity contribution in [1.82, 2.24) is 15.1 Å². The van der Waals surface area contributed by atoms with E-state index in [1.54, 1.807) is 4.90 Å². The van der Waals surface area contributed by atoms with Crippen LogP contribution >= 0.6 is 0 Å². The standard InChI is InChI=1S/C25H22B3N3O6/c26-17-6-5-16-21(25(27,28)31(24(16)35)18-7-8-19(32)29-23(18)34)22(17)37-12-15-3-1-14(2-4-15)11-30-9-10-36-13-20(30)33/h1-6,18H,7-13H2,(H,29,32,34). The van der Waals surface area contributed by atoms with Crippen LogP contribution in [0.1, 0.15) is 39.9 Å². The van der Waals surface area contributed by atoms with Crippen molar-refractivity contribution in [3.63, 3.8) is 0 Å². The van der Waals surface area contributed by atoms with Crippen molar-refractivity contribution in [3.05, 3.63) is 58.7 Å². The number of imide groups is 1. The van der Waals surface area contributed by atoms with E-state index in [4.69, 9.17) is 33.0 Å². The fourth-order valence-corrected chi connectivity index (χ4v) is 4.91. The summed E-state index contributed by atoms with van der Waals surface area (Å²) in [5.41, 5.74) is 2.39. The summed E-state index contributed by atoms with van der Waals surface area (Å²) in [7, 11) is 19.1. The maximum Gasteiger partial charge on any atom is 0.254 e. The van der Waals surface area contributed by atoms with Gasteiger partial charge in [0.2, 0.25) is 17.7 Å². The zero-order chi connectivity index (χ0) is 26.3. The molecule has 4 amide bonds. The van der Waals surface area contributed by atoms with E-state index in [1.807, 2.05) is 24.3 Å². The van der Waals surface area contributed by atoms with Crippen molar-refractivity contribution in [2.45, 2.75) is 37.4 Å². The Balaban J connectivity index is 1.34. The van der Waals surface area contributed by atoms with Gasteiger partial charge >= 0.3 is 0 Å². The van der Waals surface area contributed by atoms with Gasteiger partial charge in [-0.3, -0.25) is 24.5 Å². The van der Waals surface area contributed by atoms with Crippen molar-refractivity contribution in [2.24, 2.45) is 0 Å². The van der Waals surface area contributed by atoms with Gasteiger partial charge in [-0.15, -0.1) is 0 Å². The molecule has 2 fully saturated rings. The molecule has 5 rings (SSSR count). The Morgan fingerprint density at radius 2 is 1.78 bits per heavy atom. The van der Waals surface area contributed by atoms with E-state index in [0.717, 1.165) is 16.0 Å². The average Bonchev–Trinajstić information content (AvgIpc) is 3.06. The van der Waals surface area contributed by atoms with Gasteiger partial charge in [0.05, 0.1) is 22.3 Å². The number of carbonyl (C=O) groups excluding carboxylic acids is 4. The van der Waals surface area contributed by atoms with Crippen molar-refractivity contribution in [2.75, 3.05) is 19.8 Å². The Hall–Kier alpha value is -3.53. The molecule has 1 N–H and O–H groups in total. The third-order valence-corrected chi connectivity index (χ3v) is 6.82. The molecular weight excluding hydrogens is 471 g/mol. The smallest absolute Gasteiger partial charge is 0.254 e. The molecule has 3 aliphatic heterocycles. The third-order valence-electron chi connectivity index (χ3n) is 6.82. The maximum absolute atomic E-state index is 13.3. The monoisotopic (exact) mass is 493 g/mol. The summed E-state index contributed by atoms with van der Waals surface area (Å²) in [6.07, 6.45) is 0.169. The Morgan fingerprint density at radius 1 is 1.05 bits per heavy atom. The van der Waals surface area contributed by atoms with Crippen LogP contribution in [0.4, 0.5) is 0 Å². The van der Waals surface area contributed by atoms with E-state index in [9.17, 15) is 19.2 Å². The van der Waals surface area contributed by atoms with E-state index in [2.05, 4.69) is 5.32 Å². The highest BCUT2D eigenvalue weighted by Crippen LogP contribution is 2.42. The number of piperidine rings is 1. The van der Waals surface area contributed by atoms with Gasteiger partial charge in [0.25, 0.3) is 5.91 Å². The van der Waals surface area contributed by atoms with E-state index >= 15 is 0 Å². The summed E-state index contributed by atoms with van der Waals surface area (Å²) in [6.45, 7) is 1.77. The minimum atomic E-state index is -1.88. The fraction of sp³-hybridized carbons (Fsp3) is 0.360. The summed E-state index contributed by atoms with van der Waals surface area (Å²) in [6, 6.07) is 9.58. The fourth-order valence-electron chi connectivity index (χ4n) is 4.91. The minimum Gasteiger partial charge on any atom is -0.489 e. The van der Waals surface area contributed by atoms with Gasteiger partial charge in [-0.05, 0) is 29.0 Å². The van der Waals surface area contributed by atoms with Crippen LogP contribution in [0, 0.1) is 0 Å². The summed E-state index contributed by atoms with van der Waals surface area (Å²) >= 11 is 0. The van der Waals surface area contributed by atoms with Crippen molar-refractivity contribution in [1.29, 1.82) is 0 Å². The second-order valence-corrected chi connectivity index (χ2v) is 9.35. The van der Waals surface area contributed by atoms with E-state index in [1.165, 1.54) is 12.1 Å². The van der Waals surface area contributed by atoms with E-state index in [-0.39, 0.29) is 54.3 Å². The molecule has 2 aromatic rings. The molecule has 9 nitrogen and oxygen atoms in total. The SMILES string of the molecule is [B]c1ccc2c(c1OCc1ccc(CN3CCOCC3=O)cc1)C([B])([B])N(C1CCC(=O)NC1=O)C2=O. The second kappa shape index (κ2) is 9.74. The van der Waals surface area contributed by atoms with Crippen LogP contribution in [0.2, 0.25) is 0 Å². The lowest BCUT2D eigenvalue weighted by molar-refractivity contribution is -0.143. The van der Waals surface area contributed by atoms with Crippen molar-refractivity contribution >= 4 is 52.6 Å². The molecule has 37 heavy (non-hydrogen) atoms. The zero-order valence-electron chi connectivity index (χ0n) is 20.1. The summed E-state index contributed by atoms with van der Waals surface area (Å²) in [4.78, 5) is 52.2. The van der Waals surface area contributed by atoms with Gasteiger partial charge in [-0.2, -0.15) is 0 Å². The molecular formula is C25H22B3N3O6. The number of ether oxygens (including phenoxy) is 2. The lowest BCUT2D eigenvalue weighted by Crippen LogP contribution is -2.59. The van der Waals surface area contributed by atoms with E-state index < -0.39 is 29.1 Å². The number of amides is 4. The number of carbonyl (C=O) groups is 4. The molecule has 6 radical (unpaired) electrons. The van der Waals surface area contributed by atoms with Crippen molar-refractivity contribution < 1.29 is 28.7 Å². The highest BCUT2D eigenvalue weighted by molar-refractivity contribution is 6.44. The quantitative estimate of drug-likeness (QED) is 0.415. The van der Waals surface area contributed by atoms with Crippen LogP contribution in [0.5, 0.6) is 5.75 Å². The van der Waals surface area contributed by atoms with Crippen LogP contribution in [-0.2, 0) is 37.6 Å². The number of benzene rings is 2. The van der Waals surface area contributed by atoms with Gasteiger partial charge in [0.1, 0.15) is 32.9 Å². The largest absolute Gasteiger partial charge is 0.489 e. The van der Waals surface area contributed by atoms with Crippen LogP contribution < -0.4 is 15.5 Å². The number of morpholine rings is 1. The highest BCUT2D eigenvalue weighted by Gasteiger charge is 2.50. The normalized spacial score (nSPS) is 21.1. The molecule has 2 saturated heterocycles. The number of fused-ring (bicyclic) bond motifs is 1. The molecule has 0 spiro atoms. The number of hydrogen-bond donors (Lipinski definition) is 1. The van der Waals surface area contributed by atoms with Gasteiger partial charge in [0.15, 0.2) is 0 Å². The molecule has 3 heterocycles. The lowest BCUT2D eigenvalue weighted by atomic mass is 9.57. The van der Waals surface area contributed by atoms with Gasteiger partial charge in [0, 0.05) is 30.6 Å². The molecule has 0 bridgehead atoms. The lowest BCUT2D eigenvalue weighted by Gasteiger charge is -2.41. The van der Waals surface area contributed by atoms with Gasteiger partial charge in [-0.25, -0.2) is 0 Å². The average molecular weight is 493 g/mol. The first-order valence-corrected chi connectivity index (χ1v) is 11.9. The van der Waals surface area contributed by atoms with Crippen molar-refractivity contribution in [3.8, 4) is 5.75 Å². The second-order valence-electron chi connectivity index (χ2n) is 9.35. The van der Waals surface area contributed by atoms with Crippen LogP contribution in [-0.4, -0.2) is 82.8 Å². The molecule has 2 aromatic carbocycles. The summed E-state index contributed by atoms with van der Waals surface area (Å²) in [5.74, 6) is -1.47. The Morgan fingerprint density at radius 3 is 2.49 bits per heavy atom. The maximum atomic E-state index is 13.3. The molecule has 0 aliphatic carbocycles. The first-order valence-electron chi connectivity index (χ1n) is 11.9. The molecule has 3 aliphatic rings. The minimum absolute atomic E-state index is 0.0416.